The molecule has 0 saturated carbocycles. The Morgan fingerprint density at radius 1 is 1.44 bits per heavy atom. The molecule has 0 aliphatic carbocycles. The molecule has 0 bridgehead atoms. The monoisotopic (exact) mass is 235 g/mol. The highest BCUT2D eigenvalue weighted by atomic mass is 32.2. The van der Waals surface area contributed by atoms with Crippen LogP contribution in [0.25, 0.3) is 10.9 Å². The van der Waals surface area contributed by atoms with Gasteiger partial charge in [0.15, 0.2) is 0 Å². The van der Waals surface area contributed by atoms with E-state index in [0.29, 0.717) is 5.75 Å². The van der Waals surface area contributed by atoms with Crippen molar-refractivity contribution < 1.29 is 9.53 Å². The van der Waals surface area contributed by atoms with Gasteiger partial charge in [-0.15, -0.1) is 11.8 Å². The molecule has 0 fully saturated rings. The third-order valence-corrected chi connectivity index (χ3v) is 3.45. The minimum Gasteiger partial charge on any atom is -0.468 e. The zero-order valence-corrected chi connectivity index (χ0v) is 10.1. The molecule has 2 aromatic rings. The van der Waals surface area contributed by atoms with Gasteiger partial charge in [0.1, 0.15) is 0 Å². The first-order valence-corrected chi connectivity index (χ1v) is 5.94. The number of hydrogen-bond donors (Lipinski definition) is 0. The van der Waals surface area contributed by atoms with Crippen LogP contribution in [0.4, 0.5) is 0 Å². The molecular weight excluding hydrogens is 222 g/mol. The number of carbonyl (C=O) groups excluding carboxylic acids is 1. The van der Waals surface area contributed by atoms with E-state index in [9.17, 15) is 4.79 Å². The highest BCUT2D eigenvalue weighted by molar-refractivity contribution is 8.00. The number of rotatable bonds is 3. The van der Waals surface area contributed by atoms with Crippen molar-refractivity contribution in [3.63, 3.8) is 0 Å². The van der Waals surface area contributed by atoms with Crippen molar-refractivity contribution in [2.24, 2.45) is 7.05 Å². The first-order chi connectivity index (χ1) is 7.72. The molecule has 0 atom stereocenters. The second-order valence-electron chi connectivity index (χ2n) is 3.49. The number of nitrogens with zero attached hydrogens (tertiary/aromatic N) is 1. The number of aryl methyl sites for hydroxylation is 1. The van der Waals surface area contributed by atoms with Gasteiger partial charge >= 0.3 is 5.97 Å². The summed E-state index contributed by atoms with van der Waals surface area (Å²) in [5.41, 5.74) is 1.18. The summed E-state index contributed by atoms with van der Waals surface area (Å²) in [6.07, 6.45) is 2.04. The Bertz CT molecular complexity index is 519. The largest absolute Gasteiger partial charge is 0.468 e. The molecule has 84 valence electrons. The number of hydrogen-bond acceptors (Lipinski definition) is 3. The van der Waals surface area contributed by atoms with E-state index in [1.54, 1.807) is 0 Å². The molecule has 0 aliphatic rings. The lowest BCUT2D eigenvalue weighted by atomic mass is 10.2. The summed E-state index contributed by atoms with van der Waals surface area (Å²) in [7, 11) is 3.41. The molecule has 0 N–H and O–H groups in total. The fourth-order valence-electron chi connectivity index (χ4n) is 1.62. The minimum atomic E-state index is -0.196. The van der Waals surface area contributed by atoms with E-state index >= 15 is 0 Å². The first-order valence-electron chi connectivity index (χ1n) is 4.96. The molecule has 0 saturated heterocycles. The Hall–Kier alpha value is -1.42. The lowest BCUT2D eigenvalue weighted by Gasteiger charge is -1.98. The van der Waals surface area contributed by atoms with Gasteiger partial charge in [-0.2, -0.15) is 0 Å². The van der Waals surface area contributed by atoms with E-state index in [4.69, 9.17) is 0 Å². The maximum Gasteiger partial charge on any atom is 0.315 e. The molecule has 0 spiro atoms. The van der Waals surface area contributed by atoms with E-state index in [1.807, 2.05) is 25.4 Å². The Labute approximate surface area is 98.4 Å². The molecule has 1 aromatic carbocycles. The molecule has 3 nitrogen and oxygen atoms in total. The zero-order chi connectivity index (χ0) is 11.5. The van der Waals surface area contributed by atoms with Crippen LogP contribution in [-0.2, 0) is 16.6 Å². The van der Waals surface area contributed by atoms with Crippen molar-refractivity contribution in [1.29, 1.82) is 0 Å². The summed E-state index contributed by atoms with van der Waals surface area (Å²) in [6, 6.07) is 8.15. The molecule has 0 unspecified atom stereocenters. The maximum atomic E-state index is 11.1. The van der Waals surface area contributed by atoms with Crippen molar-refractivity contribution in [3.8, 4) is 0 Å². The normalized spacial score (nSPS) is 10.6. The predicted molar refractivity (Wildman–Crippen MR) is 65.7 cm³/mol. The highest BCUT2D eigenvalue weighted by Gasteiger charge is 2.08. The lowest BCUT2D eigenvalue weighted by Crippen LogP contribution is -2.02. The van der Waals surface area contributed by atoms with Gasteiger partial charge < -0.3 is 9.30 Å². The summed E-state index contributed by atoms with van der Waals surface area (Å²) in [5, 5.41) is 1.18. The topological polar surface area (TPSA) is 31.2 Å². The van der Waals surface area contributed by atoms with Gasteiger partial charge in [0.2, 0.25) is 0 Å². The Morgan fingerprint density at radius 3 is 2.94 bits per heavy atom. The molecule has 0 aliphatic heterocycles. The Morgan fingerprint density at radius 2 is 2.19 bits per heavy atom. The van der Waals surface area contributed by atoms with Crippen molar-refractivity contribution in [2.75, 3.05) is 12.9 Å². The smallest absolute Gasteiger partial charge is 0.315 e. The first kappa shape index (κ1) is 11.1. The number of thioether (sulfide) groups is 1. The van der Waals surface area contributed by atoms with Crippen LogP contribution in [0.2, 0.25) is 0 Å². The zero-order valence-electron chi connectivity index (χ0n) is 9.27. The van der Waals surface area contributed by atoms with E-state index in [0.717, 1.165) is 4.90 Å². The van der Waals surface area contributed by atoms with Crippen LogP contribution >= 0.6 is 11.8 Å². The second kappa shape index (κ2) is 4.61. The number of fused-ring (bicyclic) bond motifs is 1. The summed E-state index contributed by atoms with van der Waals surface area (Å²) >= 11 is 1.51. The van der Waals surface area contributed by atoms with E-state index in [1.165, 1.54) is 29.8 Å². The molecule has 2 rings (SSSR count). The van der Waals surface area contributed by atoms with Crippen LogP contribution in [0, 0.1) is 0 Å². The summed E-state index contributed by atoms with van der Waals surface area (Å²) in [5.74, 6) is 0.155. The molecule has 4 heteroatoms. The van der Waals surface area contributed by atoms with Gasteiger partial charge in [0.05, 0.1) is 12.9 Å². The minimum absolute atomic E-state index is 0.196. The molecular formula is C12H13NO2S. The van der Waals surface area contributed by atoms with Crippen LogP contribution in [0.3, 0.4) is 0 Å². The number of ether oxygens (including phenoxy) is 1. The van der Waals surface area contributed by atoms with Gasteiger partial charge in [-0.25, -0.2) is 0 Å². The maximum absolute atomic E-state index is 11.1. The lowest BCUT2D eigenvalue weighted by molar-refractivity contribution is -0.137. The molecule has 0 amide bonds. The van der Waals surface area contributed by atoms with Gasteiger partial charge in [-0.3, -0.25) is 4.79 Å². The number of benzene rings is 1. The number of para-hydroxylation sites is 1. The van der Waals surface area contributed by atoms with E-state index < -0.39 is 0 Å². The van der Waals surface area contributed by atoms with E-state index in [2.05, 4.69) is 21.4 Å². The standard InChI is InChI=1S/C12H13NO2S/c1-13-7-11(16-8-12(14)15-2)9-5-3-4-6-10(9)13/h3-7H,8H2,1-2H3. The van der Waals surface area contributed by atoms with Gasteiger partial charge in [0.25, 0.3) is 0 Å². The average Bonchev–Trinajstić information content (AvgIpc) is 2.64. The van der Waals surface area contributed by atoms with Gasteiger partial charge in [-0.05, 0) is 6.07 Å². The van der Waals surface area contributed by atoms with Crippen molar-refractivity contribution in [3.05, 3.63) is 30.5 Å². The molecule has 1 aromatic heterocycles. The fourth-order valence-corrected chi connectivity index (χ4v) is 2.57. The Balaban J connectivity index is 2.27. The van der Waals surface area contributed by atoms with Gasteiger partial charge in [-0.1, -0.05) is 18.2 Å². The second-order valence-corrected chi connectivity index (χ2v) is 4.50. The summed E-state index contributed by atoms with van der Waals surface area (Å²) in [4.78, 5) is 12.2. The quantitative estimate of drug-likeness (QED) is 0.605. The van der Waals surface area contributed by atoms with Crippen LogP contribution in [0.15, 0.2) is 35.4 Å². The molecule has 0 radical (unpaired) electrons. The van der Waals surface area contributed by atoms with Crippen LogP contribution < -0.4 is 0 Å². The van der Waals surface area contributed by atoms with Crippen molar-refractivity contribution in [2.45, 2.75) is 4.90 Å². The van der Waals surface area contributed by atoms with Crippen LogP contribution in [-0.4, -0.2) is 23.4 Å². The Kier molecular flexibility index (Phi) is 3.19. The number of aromatic nitrogens is 1. The number of carbonyl (C=O) groups is 1. The number of esters is 1. The van der Waals surface area contributed by atoms with Crippen molar-refractivity contribution in [1.82, 2.24) is 4.57 Å². The average molecular weight is 235 g/mol. The SMILES string of the molecule is COC(=O)CSc1cn(C)c2ccccc12. The third kappa shape index (κ3) is 2.07. The summed E-state index contributed by atoms with van der Waals surface area (Å²) in [6.45, 7) is 0. The van der Waals surface area contributed by atoms with Crippen molar-refractivity contribution >= 4 is 28.6 Å². The molecule has 16 heavy (non-hydrogen) atoms. The van der Waals surface area contributed by atoms with Crippen LogP contribution in [0.5, 0.6) is 0 Å². The fraction of sp³-hybridized carbons (Fsp3) is 0.250. The third-order valence-electron chi connectivity index (χ3n) is 2.43. The number of methoxy groups -OCH3 is 1. The van der Waals surface area contributed by atoms with Crippen LogP contribution in [0.1, 0.15) is 0 Å². The summed E-state index contributed by atoms with van der Waals surface area (Å²) < 4.78 is 6.69. The van der Waals surface area contributed by atoms with E-state index in [-0.39, 0.29) is 5.97 Å². The van der Waals surface area contributed by atoms with Gasteiger partial charge in [0, 0.05) is 29.0 Å². The molecule has 1 heterocycles. The predicted octanol–water partition coefficient (Wildman–Crippen LogP) is 2.44. The highest BCUT2D eigenvalue weighted by Crippen LogP contribution is 2.29.